The molecule has 1 saturated heterocycles. The van der Waals surface area contributed by atoms with Crippen molar-refractivity contribution >= 4 is 5.91 Å². The first-order chi connectivity index (χ1) is 11.2. The molecule has 1 aliphatic heterocycles. The molecule has 23 heavy (non-hydrogen) atoms. The van der Waals surface area contributed by atoms with Crippen molar-refractivity contribution in [2.24, 2.45) is 0 Å². The van der Waals surface area contributed by atoms with Gasteiger partial charge < -0.3 is 14.4 Å². The number of hydrogen-bond donors (Lipinski definition) is 0. The summed E-state index contributed by atoms with van der Waals surface area (Å²) in [5.74, 6) is 0.257. The molecule has 2 heterocycles. The van der Waals surface area contributed by atoms with Crippen LogP contribution in [0.3, 0.4) is 0 Å². The lowest BCUT2D eigenvalue weighted by Gasteiger charge is -2.40. The van der Waals surface area contributed by atoms with Gasteiger partial charge in [0.15, 0.2) is 0 Å². The highest BCUT2D eigenvalue weighted by Gasteiger charge is 2.29. The maximum absolute atomic E-state index is 12.7. The van der Waals surface area contributed by atoms with Crippen LogP contribution in [-0.2, 0) is 11.3 Å². The quantitative estimate of drug-likeness (QED) is 0.850. The van der Waals surface area contributed by atoms with E-state index >= 15 is 0 Å². The van der Waals surface area contributed by atoms with Gasteiger partial charge in [0, 0.05) is 45.0 Å². The van der Waals surface area contributed by atoms with E-state index in [1.54, 1.807) is 12.5 Å². The van der Waals surface area contributed by atoms with Crippen LogP contribution in [-0.4, -0.2) is 51.9 Å². The summed E-state index contributed by atoms with van der Waals surface area (Å²) >= 11 is 0. The predicted molar refractivity (Wildman–Crippen MR) is 89.9 cm³/mol. The first-order valence-electron chi connectivity index (χ1n) is 8.23. The smallest absolute Gasteiger partial charge is 0.223 e. The minimum atomic E-state index is 0.163. The second kappa shape index (κ2) is 7.42. The van der Waals surface area contributed by atoms with Crippen molar-refractivity contribution in [3.05, 3.63) is 54.6 Å². The van der Waals surface area contributed by atoms with Gasteiger partial charge in [-0.3, -0.25) is 4.79 Å². The zero-order valence-electron chi connectivity index (χ0n) is 13.6. The van der Waals surface area contributed by atoms with Crippen molar-refractivity contribution in [1.82, 2.24) is 19.4 Å². The molecule has 0 spiro atoms. The highest BCUT2D eigenvalue weighted by atomic mass is 16.2. The number of amides is 1. The Kier molecular flexibility index (Phi) is 5.08. The van der Waals surface area contributed by atoms with Crippen LogP contribution in [0, 0.1) is 0 Å². The van der Waals surface area contributed by atoms with Gasteiger partial charge in [0.25, 0.3) is 0 Å². The van der Waals surface area contributed by atoms with Crippen LogP contribution < -0.4 is 0 Å². The molecule has 0 N–H and O–H groups in total. The third-order valence-corrected chi connectivity index (χ3v) is 4.45. The van der Waals surface area contributed by atoms with Crippen LogP contribution in [0.4, 0.5) is 0 Å². The lowest BCUT2D eigenvalue weighted by Crippen LogP contribution is -2.49. The highest BCUT2D eigenvalue weighted by Crippen LogP contribution is 2.25. The molecule has 0 saturated carbocycles. The molecule has 1 aromatic heterocycles. The topological polar surface area (TPSA) is 41.4 Å². The molecule has 5 heteroatoms. The first-order valence-corrected chi connectivity index (χ1v) is 8.23. The van der Waals surface area contributed by atoms with Gasteiger partial charge in [0.1, 0.15) is 0 Å². The SMILES string of the molecule is CN1CCN(C(=O)CCCn2ccnc2)C(c2ccccc2)C1. The molecule has 3 rings (SSSR count). The molecule has 1 unspecified atom stereocenters. The third kappa shape index (κ3) is 3.99. The molecule has 1 aromatic carbocycles. The Hall–Kier alpha value is -2.14. The van der Waals surface area contributed by atoms with Gasteiger partial charge in [-0.15, -0.1) is 0 Å². The van der Waals surface area contributed by atoms with E-state index in [-0.39, 0.29) is 11.9 Å². The van der Waals surface area contributed by atoms with Crippen molar-refractivity contribution in [1.29, 1.82) is 0 Å². The van der Waals surface area contributed by atoms with Crippen LogP contribution in [0.15, 0.2) is 49.1 Å². The molecular formula is C18H24N4O. The maximum Gasteiger partial charge on any atom is 0.223 e. The van der Waals surface area contributed by atoms with Crippen molar-refractivity contribution in [2.45, 2.75) is 25.4 Å². The van der Waals surface area contributed by atoms with E-state index in [4.69, 9.17) is 0 Å². The van der Waals surface area contributed by atoms with Gasteiger partial charge >= 0.3 is 0 Å². The van der Waals surface area contributed by atoms with Gasteiger partial charge in [-0.05, 0) is 19.0 Å². The summed E-state index contributed by atoms with van der Waals surface area (Å²) in [6.07, 6.45) is 6.95. The zero-order chi connectivity index (χ0) is 16.1. The molecule has 1 aliphatic rings. The second-order valence-electron chi connectivity index (χ2n) is 6.18. The van der Waals surface area contributed by atoms with Gasteiger partial charge in [-0.1, -0.05) is 30.3 Å². The van der Waals surface area contributed by atoms with E-state index in [1.165, 1.54) is 5.56 Å². The van der Waals surface area contributed by atoms with Gasteiger partial charge in [0.05, 0.1) is 12.4 Å². The first kappa shape index (κ1) is 15.7. The molecule has 122 valence electrons. The summed E-state index contributed by atoms with van der Waals surface area (Å²) < 4.78 is 2.02. The number of hydrogen-bond acceptors (Lipinski definition) is 3. The normalized spacial score (nSPS) is 19.0. The van der Waals surface area contributed by atoms with E-state index in [2.05, 4.69) is 34.0 Å². The average Bonchev–Trinajstić information content (AvgIpc) is 3.09. The van der Waals surface area contributed by atoms with E-state index in [0.29, 0.717) is 6.42 Å². The van der Waals surface area contributed by atoms with E-state index in [1.807, 2.05) is 29.0 Å². The predicted octanol–water partition coefficient (Wildman–Crippen LogP) is 2.18. The van der Waals surface area contributed by atoms with Gasteiger partial charge in [-0.25, -0.2) is 4.98 Å². The molecule has 5 nitrogen and oxygen atoms in total. The van der Waals surface area contributed by atoms with Crippen LogP contribution in [0.25, 0.3) is 0 Å². The lowest BCUT2D eigenvalue weighted by molar-refractivity contribution is -0.136. The number of benzene rings is 1. The van der Waals surface area contributed by atoms with E-state index < -0.39 is 0 Å². The van der Waals surface area contributed by atoms with E-state index in [0.717, 1.165) is 32.6 Å². The molecule has 2 aromatic rings. The molecule has 0 radical (unpaired) electrons. The van der Waals surface area contributed by atoms with Crippen LogP contribution in [0.2, 0.25) is 0 Å². The Balaban J connectivity index is 1.62. The Bertz CT molecular complexity index is 611. The van der Waals surface area contributed by atoms with Crippen LogP contribution >= 0.6 is 0 Å². The minimum absolute atomic E-state index is 0.163. The number of rotatable bonds is 5. The van der Waals surface area contributed by atoms with E-state index in [9.17, 15) is 4.79 Å². The number of aryl methyl sites for hydroxylation is 1. The fraction of sp³-hybridized carbons (Fsp3) is 0.444. The molecular weight excluding hydrogens is 288 g/mol. The molecule has 0 bridgehead atoms. The summed E-state index contributed by atoms with van der Waals surface area (Å²) in [4.78, 5) is 21.1. The summed E-state index contributed by atoms with van der Waals surface area (Å²) in [7, 11) is 2.12. The molecule has 1 amide bonds. The number of likely N-dealkylation sites (N-methyl/N-ethyl adjacent to an activating group) is 1. The van der Waals surface area contributed by atoms with Gasteiger partial charge in [-0.2, -0.15) is 0 Å². The molecule has 1 atom stereocenters. The summed E-state index contributed by atoms with van der Waals surface area (Å²) in [5.41, 5.74) is 1.22. The Labute approximate surface area is 137 Å². The zero-order valence-corrected chi connectivity index (χ0v) is 13.6. The monoisotopic (exact) mass is 312 g/mol. The largest absolute Gasteiger partial charge is 0.337 e. The van der Waals surface area contributed by atoms with Crippen molar-refractivity contribution < 1.29 is 4.79 Å². The Morgan fingerprint density at radius 2 is 2.09 bits per heavy atom. The fourth-order valence-corrected chi connectivity index (χ4v) is 3.15. The van der Waals surface area contributed by atoms with Gasteiger partial charge in [0.2, 0.25) is 5.91 Å². The third-order valence-electron chi connectivity index (χ3n) is 4.45. The van der Waals surface area contributed by atoms with Crippen LogP contribution in [0.1, 0.15) is 24.4 Å². The van der Waals surface area contributed by atoms with Crippen molar-refractivity contribution in [2.75, 3.05) is 26.7 Å². The summed E-state index contributed by atoms with van der Waals surface area (Å²) in [6.45, 7) is 3.49. The molecule has 1 fully saturated rings. The number of imidazole rings is 1. The Morgan fingerprint density at radius 3 is 2.83 bits per heavy atom. The number of carbonyl (C=O) groups excluding carboxylic acids is 1. The fourth-order valence-electron chi connectivity index (χ4n) is 3.15. The minimum Gasteiger partial charge on any atom is -0.337 e. The number of nitrogens with zero attached hydrogens (tertiary/aromatic N) is 4. The molecule has 0 aliphatic carbocycles. The Morgan fingerprint density at radius 1 is 1.26 bits per heavy atom. The number of aromatic nitrogens is 2. The standard InChI is InChI=1S/C18H24N4O/c1-20-12-13-22(17(14-20)16-6-3-2-4-7-16)18(23)8-5-10-21-11-9-19-15-21/h2-4,6-7,9,11,15,17H,5,8,10,12-14H2,1H3. The summed E-state index contributed by atoms with van der Waals surface area (Å²) in [6, 6.07) is 10.5. The van der Waals surface area contributed by atoms with Crippen molar-refractivity contribution in [3.8, 4) is 0 Å². The summed E-state index contributed by atoms with van der Waals surface area (Å²) in [5, 5.41) is 0. The average molecular weight is 312 g/mol. The number of carbonyl (C=O) groups is 1. The lowest BCUT2D eigenvalue weighted by atomic mass is 10.0. The van der Waals surface area contributed by atoms with Crippen molar-refractivity contribution in [3.63, 3.8) is 0 Å². The highest BCUT2D eigenvalue weighted by molar-refractivity contribution is 5.76. The number of piperazine rings is 1. The second-order valence-corrected chi connectivity index (χ2v) is 6.18. The van der Waals surface area contributed by atoms with Crippen LogP contribution in [0.5, 0.6) is 0 Å². The maximum atomic E-state index is 12.7.